The van der Waals surface area contributed by atoms with Crippen LogP contribution in [0.3, 0.4) is 0 Å². The predicted molar refractivity (Wildman–Crippen MR) is 106 cm³/mol. The number of benzene rings is 2. The number of hydrogen-bond donors (Lipinski definition) is 3. The van der Waals surface area contributed by atoms with E-state index in [0.29, 0.717) is 12.0 Å². The summed E-state index contributed by atoms with van der Waals surface area (Å²) in [6.45, 7) is 2.86. The van der Waals surface area contributed by atoms with Gasteiger partial charge < -0.3 is 5.32 Å². The van der Waals surface area contributed by atoms with Crippen LogP contribution in [0.15, 0.2) is 48.5 Å². The lowest BCUT2D eigenvalue weighted by Gasteiger charge is -2.17. The molecule has 1 saturated heterocycles. The summed E-state index contributed by atoms with van der Waals surface area (Å²) in [6.07, 6.45) is 3.50. The van der Waals surface area contributed by atoms with Crippen LogP contribution in [0.2, 0.25) is 0 Å². The Kier molecular flexibility index (Phi) is 4.44. The van der Waals surface area contributed by atoms with Crippen molar-refractivity contribution >= 4 is 11.6 Å². The average molecular weight is 362 g/mol. The summed E-state index contributed by atoms with van der Waals surface area (Å²) in [5, 5.41) is 3.13. The molecular weight excluding hydrogens is 336 g/mol. The molecule has 5 rings (SSSR count). The van der Waals surface area contributed by atoms with Crippen molar-refractivity contribution in [3.05, 3.63) is 65.2 Å². The molecule has 0 spiro atoms. The summed E-state index contributed by atoms with van der Waals surface area (Å²) < 4.78 is 0. The maximum Gasteiger partial charge on any atom is 0.243 e. The summed E-state index contributed by atoms with van der Waals surface area (Å²) >= 11 is 0. The lowest BCUT2D eigenvalue weighted by Crippen LogP contribution is -2.42. The van der Waals surface area contributed by atoms with Crippen LogP contribution in [0, 0.1) is 5.92 Å². The number of amides is 1. The van der Waals surface area contributed by atoms with E-state index in [1.54, 1.807) is 0 Å². The second-order valence-electron chi connectivity index (χ2n) is 8.07. The minimum absolute atomic E-state index is 0.0796. The molecule has 27 heavy (non-hydrogen) atoms. The third-order valence-electron chi connectivity index (χ3n) is 6.21. The van der Waals surface area contributed by atoms with E-state index in [1.807, 2.05) is 6.07 Å². The maximum absolute atomic E-state index is 12.7. The number of nitrogens with one attached hydrogen (secondary N) is 3. The van der Waals surface area contributed by atoms with Crippen molar-refractivity contribution in [2.24, 2.45) is 5.92 Å². The molecule has 1 saturated carbocycles. The van der Waals surface area contributed by atoms with Crippen molar-refractivity contribution in [2.75, 3.05) is 5.32 Å². The van der Waals surface area contributed by atoms with Gasteiger partial charge in [0.05, 0.1) is 0 Å². The van der Waals surface area contributed by atoms with Crippen LogP contribution < -0.4 is 16.2 Å². The monoisotopic (exact) mass is 362 g/mol. The normalized spacial score (nSPS) is 26.7. The number of anilines is 1. The fraction of sp³-hybridized carbons (Fsp3) is 0.409. The summed E-state index contributed by atoms with van der Waals surface area (Å²) in [5.41, 5.74) is 11.4. The second kappa shape index (κ2) is 7.08. The SMILES string of the molecule is O=C(Nc1ccc2c(c1)CN(Cc1ccccc1)C2)C1NNC2CCCC21. The van der Waals surface area contributed by atoms with Crippen molar-refractivity contribution < 1.29 is 4.79 Å². The lowest BCUT2D eigenvalue weighted by atomic mass is 9.96. The van der Waals surface area contributed by atoms with Gasteiger partial charge in [0, 0.05) is 37.3 Å². The van der Waals surface area contributed by atoms with Crippen molar-refractivity contribution in [1.82, 2.24) is 15.8 Å². The minimum Gasteiger partial charge on any atom is -0.325 e. The van der Waals surface area contributed by atoms with Gasteiger partial charge in [-0.1, -0.05) is 42.8 Å². The molecule has 140 valence electrons. The first kappa shape index (κ1) is 16.9. The lowest BCUT2D eigenvalue weighted by molar-refractivity contribution is -0.118. The van der Waals surface area contributed by atoms with Crippen molar-refractivity contribution in [1.29, 1.82) is 0 Å². The number of carbonyl (C=O) groups is 1. The Hall–Kier alpha value is -2.21. The molecule has 3 atom stereocenters. The zero-order valence-corrected chi connectivity index (χ0v) is 15.4. The summed E-state index contributed by atoms with van der Waals surface area (Å²) in [5.74, 6) is 0.497. The number of nitrogens with zero attached hydrogens (tertiary/aromatic N) is 1. The average Bonchev–Trinajstić information content (AvgIpc) is 3.37. The van der Waals surface area contributed by atoms with E-state index in [1.165, 1.54) is 23.1 Å². The molecule has 0 bridgehead atoms. The van der Waals surface area contributed by atoms with Gasteiger partial charge in [0.1, 0.15) is 6.04 Å². The van der Waals surface area contributed by atoms with Crippen LogP contribution in [0.25, 0.3) is 0 Å². The Morgan fingerprint density at radius 2 is 1.89 bits per heavy atom. The minimum atomic E-state index is -0.125. The van der Waals surface area contributed by atoms with E-state index in [0.717, 1.165) is 38.2 Å². The van der Waals surface area contributed by atoms with Gasteiger partial charge in [-0.25, -0.2) is 5.43 Å². The quantitative estimate of drug-likeness (QED) is 0.783. The molecule has 5 heteroatoms. The first-order valence-corrected chi connectivity index (χ1v) is 9.96. The van der Waals surface area contributed by atoms with Gasteiger partial charge >= 0.3 is 0 Å². The van der Waals surface area contributed by atoms with Crippen molar-refractivity contribution in [3.63, 3.8) is 0 Å². The number of rotatable bonds is 4. The molecule has 2 fully saturated rings. The number of carbonyl (C=O) groups excluding carboxylic acids is 1. The fourth-order valence-corrected chi connectivity index (χ4v) is 4.85. The predicted octanol–water partition coefficient (Wildman–Crippen LogP) is 2.79. The molecule has 2 aliphatic heterocycles. The third kappa shape index (κ3) is 3.38. The fourth-order valence-electron chi connectivity index (χ4n) is 4.85. The number of hydrogen-bond acceptors (Lipinski definition) is 4. The van der Waals surface area contributed by atoms with Gasteiger partial charge in [-0.2, -0.15) is 0 Å². The van der Waals surface area contributed by atoms with Crippen molar-refractivity contribution in [3.8, 4) is 0 Å². The van der Waals surface area contributed by atoms with Crippen LogP contribution in [0.5, 0.6) is 0 Å². The van der Waals surface area contributed by atoms with Crippen LogP contribution in [0.4, 0.5) is 5.69 Å². The molecule has 3 N–H and O–H groups in total. The zero-order valence-electron chi connectivity index (χ0n) is 15.4. The molecular formula is C22H26N4O. The second-order valence-corrected chi connectivity index (χ2v) is 8.07. The van der Waals surface area contributed by atoms with E-state index in [2.05, 4.69) is 63.5 Å². The number of hydrazine groups is 1. The van der Waals surface area contributed by atoms with E-state index in [-0.39, 0.29) is 11.9 Å². The topological polar surface area (TPSA) is 56.4 Å². The van der Waals surface area contributed by atoms with Crippen molar-refractivity contribution in [2.45, 2.75) is 51.0 Å². The molecule has 2 aromatic carbocycles. The molecule has 0 aromatic heterocycles. The van der Waals surface area contributed by atoms with Gasteiger partial charge in [0.15, 0.2) is 0 Å². The highest BCUT2D eigenvalue weighted by molar-refractivity contribution is 5.95. The molecule has 1 aliphatic carbocycles. The summed E-state index contributed by atoms with van der Waals surface area (Å²) in [7, 11) is 0. The van der Waals surface area contributed by atoms with Gasteiger partial charge in [-0.3, -0.25) is 15.1 Å². The van der Waals surface area contributed by atoms with Crippen LogP contribution in [-0.4, -0.2) is 22.9 Å². The van der Waals surface area contributed by atoms with E-state index >= 15 is 0 Å². The standard InChI is InChI=1S/C22H26N4O/c27-22(21-19-7-4-8-20(19)24-25-21)23-18-10-9-16-13-26(14-17(16)11-18)12-15-5-2-1-3-6-15/h1-3,5-6,9-11,19-21,24-25H,4,7-8,12-14H2,(H,23,27). The van der Waals surface area contributed by atoms with Crippen LogP contribution in [-0.2, 0) is 24.4 Å². The van der Waals surface area contributed by atoms with Gasteiger partial charge in [-0.15, -0.1) is 0 Å². The molecule has 3 unspecified atom stereocenters. The first-order valence-electron chi connectivity index (χ1n) is 9.96. The Bertz CT molecular complexity index is 837. The van der Waals surface area contributed by atoms with Crippen LogP contribution >= 0.6 is 0 Å². The van der Waals surface area contributed by atoms with Crippen LogP contribution in [0.1, 0.15) is 36.0 Å². The Labute approximate surface area is 160 Å². The van der Waals surface area contributed by atoms with Gasteiger partial charge in [-0.05, 0) is 41.7 Å². The van der Waals surface area contributed by atoms with E-state index < -0.39 is 0 Å². The largest absolute Gasteiger partial charge is 0.325 e. The van der Waals surface area contributed by atoms with Gasteiger partial charge in [0.25, 0.3) is 0 Å². The summed E-state index contributed by atoms with van der Waals surface area (Å²) in [4.78, 5) is 15.2. The maximum atomic E-state index is 12.7. The Morgan fingerprint density at radius 1 is 1.04 bits per heavy atom. The third-order valence-corrected chi connectivity index (χ3v) is 6.21. The summed E-state index contributed by atoms with van der Waals surface area (Å²) in [6, 6.07) is 17.3. The smallest absolute Gasteiger partial charge is 0.243 e. The number of fused-ring (bicyclic) bond motifs is 2. The molecule has 2 heterocycles. The van der Waals surface area contributed by atoms with E-state index in [4.69, 9.17) is 0 Å². The zero-order chi connectivity index (χ0) is 18.2. The molecule has 0 radical (unpaired) electrons. The first-order chi connectivity index (χ1) is 13.3. The Balaban J connectivity index is 1.23. The Morgan fingerprint density at radius 3 is 2.78 bits per heavy atom. The highest BCUT2D eigenvalue weighted by Gasteiger charge is 2.42. The molecule has 1 amide bonds. The molecule has 5 nitrogen and oxygen atoms in total. The van der Waals surface area contributed by atoms with Gasteiger partial charge in [0.2, 0.25) is 5.91 Å². The highest BCUT2D eigenvalue weighted by Crippen LogP contribution is 2.32. The highest BCUT2D eigenvalue weighted by atomic mass is 16.2. The molecule has 2 aromatic rings. The van der Waals surface area contributed by atoms with E-state index in [9.17, 15) is 4.79 Å². The molecule has 3 aliphatic rings.